The van der Waals surface area contributed by atoms with E-state index in [1.165, 1.54) is 38.5 Å². The molecule has 3 aliphatic rings. The quantitative estimate of drug-likeness (QED) is 0.923. The number of nitrogens with zero attached hydrogens (tertiary/aromatic N) is 2. The van der Waals surface area contributed by atoms with Crippen molar-refractivity contribution in [1.82, 2.24) is 4.90 Å². The highest BCUT2D eigenvalue weighted by Crippen LogP contribution is 2.35. The second kappa shape index (κ2) is 6.75. The molecule has 1 amide bonds. The molecule has 1 aromatic carbocycles. The molecule has 0 bridgehead atoms. The van der Waals surface area contributed by atoms with E-state index in [0.717, 1.165) is 37.2 Å². The van der Waals surface area contributed by atoms with Gasteiger partial charge in [-0.15, -0.1) is 0 Å². The number of carbonyl (C=O) groups excluding carboxylic acids is 1. The lowest BCUT2D eigenvalue weighted by atomic mass is 10.1. The SMILES string of the molecule is O=C(c1ccc(N2CCC(O)CC2)cc1)N(C1CCCC1)C1CC1. The molecule has 0 aromatic heterocycles. The van der Waals surface area contributed by atoms with E-state index in [0.29, 0.717) is 12.1 Å². The average molecular weight is 328 g/mol. The number of hydrogen-bond acceptors (Lipinski definition) is 3. The number of carbonyl (C=O) groups is 1. The predicted octanol–water partition coefficient (Wildman–Crippen LogP) is 3.19. The van der Waals surface area contributed by atoms with Crippen LogP contribution in [0.1, 0.15) is 61.7 Å². The van der Waals surface area contributed by atoms with Crippen molar-refractivity contribution >= 4 is 11.6 Å². The third-order valence-corrected chi connectivity index (χ3v) is 5.84. The number of aliphatic hydroxyl groups excluding tert-OH is 1. The van der Waals surface area contributed by atoms with E-state index in [1.807, 2.05) is 12.1 Å². The highest BCUT2D eigenvalue weighted by molar-refractivity contribution is 5.95. The van der Waals surface area contributed by atoms with Gasteiger partial charge in [0.1, 0.15) is 0 Å². The molecule has 0 unspecified atom stereocenters. The maximum Gasteiger partial charge on any atom is 0.254 e. The third kappa shape index (κ3) is 3.30. The summed E-state index contributed by atoms with van der Waals surface area (Å²) < 4.78 is 0. The second-order valence-electron chi connectivity index (χ2n) is 7.65. The van der Waals surface area contributed by atoms with Crippen LogP contribution in [0, 0.1) is 0 Å². The lowest BCUT2D eigenvalue weighted by molar-refractivity contribution is 0.0664. The van der Waals surface area contributed by atoms with Crippen LogP contribution in [0.3, 0.4) is 0 Å². The molecule has 4 rings (SSSR count). The number of rotatable bonds is 4. The van der Waals surface area contributed by atoms with Crippen molar-refractivity contribution in [2.75, 3.05) is 18.0 Å². The van der Waals surface area contributed by atoms with Gasteiger partial charge >= 0.3 is 0 Å². The van der Waals surface area contributed by atoms with Crippen LogP contribution in [0.25, 0.3) is 0 Å². The molecule has 0 radical (unpaired) electrons. The highest BCUT2D eigenvalue weighted by atomic mass is 16.3. The largest absolute Gasteiger partial charge is 0.393 e. The molecule has 1 aromatic rings. The van der Waals surface area contributed by atoms with Gasteiger partial charge in [0.15, 0.2) is 0 Å². The minimum atomic E-state index is -0.152. The standard InChI is InChI=1S/C20H28N2O2/c23-19-11-13-21(14-12-19)16-7-5-15(6-8-16)20(24)22(18-9-10-18)17-3-1-2-4-17/h5-8,17-19,23H,1-4,9-14H2. The Morgan fingerprint density at radius 2 is 1.50 bits per heavy atom. The summed E-state index contributed by atoms with van der Waals surface area (Å²) in [7, 11) is 0. The Morgan fingerprint density at radius 1 is 0.917 bits per heavy atom. The molecule has 130 valence electrons. The molecule has 2 saturated carbocycles. The van der Waals surface area contributed by atoms with E-state index >= 15 is 0 Å². The zero-order valence-electron chi connectivity index (χ0n) is 14.4. The van der Waals surface area contributed by atoms with E-state index in [4.69, 9.17) is 0 Å². The fourth-order valence-electron chi connectivity index (χ4n) is 4.25. The molecule has 1 heterocycles. The summed E-state index contributed by atoms with van der Waals surface area (Å²) in [5, 5.41) is 9.64. The maximum absolute atomic E-state index is 13.0. The van der Waals surface area contributed by atoms with Crippen molar-refractivity contribution in [3.63, 3.8) is 0 Å². The van der Waals surface area contributed by atoms with E-state index in [1.54, 1.807) is 0 Å². The minimum Gasteiger partial charge on any atom is -0.393 e. The molecule has 0 atom stereocenters. The summed E-state index contributed by atoms with van der Waals surface area (Å²) in [6.07, 6.45) is 8.75. The van der Waals surface area contributed by atoms with Gasteiger partial charge in [-0.1, -0.05) is 12.8 Å². The summed E-state index contributed by atoms with van der Waals surface area (Å²) >= 11 is 0. The van der Waals surface area contributed by atoms with Crippen molar-refractivity contribution < 1.29 is 9.90 Å². The van der Waals surface area contributed by atoms with Crippen LogP contribution in [0.2, 0.25) is 0 Å². The predicted molar refractivity (Wildman–Crippen MR) is 95.3 cm³/mol. The molecular formula is C20H28N2O2. The summed E-state index contributed by atoms with van der Waals surface area (Å²) in [4.78, 5) is 17.5. The maximum atomic E-state index is 13.0. The molecule has 4 nitrogen and oxygen atoms in total. The molecule has 0 spiro atoms. The van der Waals surface area contributed by atoms with Crippen LogP contribution < -0.4 is 4.90 Å². The van der Waals surface area contributed by atoms with Crippen LogP contribution in [0.5, 0.6) is 0 Å². The smallest absolute Gasteiger partial charge is 0.254 e. The van der Waals surface area contributed by atoms with Gasteiger partial charge < -0.3 is 14.9 Å². The zero-order chi connectivity index (χ0) is 16.5. The Labute approximate surface area is 144 Å². The van der Waals surface area contributed by atoms with Crippen LogP contribution in [0.15, 0.2) is 24.3 Å². The second-order valence-corrected chi connectivity index (χ2v) is 7.65. The first-order valence-corrected chi connectivity index (χ1v) is 9.58. The molecule has 3 fully saturated rings. The first-order valence-electron chi connectivity index (χ1n) is 9.58. The summed E-state index contributed by atoms with van der Waals surface area (Å²) in [5.41, 5.74) is 1.99. The molecule has 1 aliphatic heterocycles. The fraction of sp³-hybridized carbons (Fsp3) is 0.650. The number of piperidine rings is 1. The number of anilines is 1. The van der Waals surface area contributed by atoms with Gasteiger partial charge in [-0.2, -0.15) is 0 Å². The monoisotopic (exact) mass is 328 g/mol. The summed E-state index contributed by atoms with van der Waals surface area (Å²) in [6.45, 7) is 1.79. The Morgan fingerprint density at radius 3 is 2.08 bits per heavy atom. The van der Waals surface area contributed by atoms with Gasteiger partial charge in [0, 0.05) is 36.4 Å². The normalized spacial score (nSPS) is 22.8. The molecule has 1 saturated heterocycles. The number of benzene rings is 1. The van der Waals surface area contributed by atoms with Crippen LogP contribution in [-0.4, -0.2) is 47.2 Å². The molecule has 24 heavy (non-hydrogen) atoms. The Hall–Kier alpha value is -1.55. The Bertz CT molecular complexity index is 568. The van der Waals surface area contributed by atoms with Crippen molar-refractivity contribution in [3.05, 3.63) is 29.8 Å². The fourth-order valence-corrected chi connectivity index (χ4v) is 4.25. The van der Waals surface area contributed by atoms with Crippen LogP contribution in [-0.2, 0) is 0 Å². The van der Waals surface area contributed by atoms with Crippen LogP contribution in [0.4, 0.5) is 5.69 Å². The lowest BCUT2D eigenvalue weighted by Crippen LogP contribution is -2.40. The summed E-state index contributed by atoms with van der Waals surface area (Å²) in [6, 6.07) is 9.09. The average Bonchev–Trinajstić information content (AvgIpc) is 3.29. The molecule has 4 heteroatoms. The van der Waals surface area contributed by atoms with Crippen molar-refractivity contribution in [2.45, 2.75) is 69.6 Å². The van der Waals surface area contributed by atoms with Crippen LogP contribution >= 0.6 is 0 Å². The molecular weight excluding hydrogens is 300 g/mol. The molecule has 2 aliphatic carbocycles. The Balaban J connectivity index is 1.46. The van der Waals surface area contributed by atoms with Gasteiger partial charge in [0.25, 0.3) is 5.91 Å². The third-order valence-electron chi connectivity index (χ3n) is 5.84. The van der Waals surface area contributed by atoms with Gasteiger partial charge in [-0.05, 0) is 62.8 Å². The van der Waals surface area contributed by atoms with E-state index in [-0.39, 0.29) is 12.0 Å². The lowest BCUT2D eigenvalue weighted by Gasteiger charge is -2.32. The number of aliphatic hydroxyl groups is 1. The van der Waals surface area contributed by atoms with Crippen molar-refractivity contribution in [3.8, 4) is 0 Å². The highest BCUT2D eigenvalue weighted by Gasteiger charge is 2.38. The molecule has 1 N–H and O–H groups in total. The number of amides is 1. The van der Waals surface area contributed by atoms with Gasteiger partial charge in [0.2, 0.25) is 0 Å². The van der Waals surface area contributed by atoms with Gasteiger partial charge in [0.05, 0.1) is 6.10 Å². The summed E-state index contributed by atoms with van der Waals surface area (Å²) in [5.74, 6) is 0.227. The van der Waals surface area contributed by atoms with E-state index in [9.17, 15) is 9.90 Å². The first-order chi connectivity index (χ1) is 11.7. The van der Waals surface area contributed by atoms with E-state index < -0.39 is 0 Å². The topological polar surface area (TPSA) is 43.8 Å². The van der Waals surface area contributed by atoms with Crippen molar-refractivity contribution in [1.29, 1.82) is 0 Å². The van der Waals surface area contributed by atoms with Gasteiger partial charge in [-0.3, -0.25) is 4.79 Å². The van der Waals surface area contributed by atoms with E-state index in [2.05, 4.69) is 21.9 Å². The zero-order valence-corrected chi connectivity index (χ0v) is 14.4. The van der Waals surface area contributed by atoms with Gasteiger partial charge in [-0.25, -0.2) is 0 Å². The Kier molecular flexibility index (Phi) is 4.49. The minimum absolute atomic E-state index is 0.152. The van der Waals surface area contributed by atoms with Crippen molar-refractivity contribution in [2.24, 2.45) is 0 Å². The number of hydrogen-bond donors (Lipinski definition) is 1. The first kappa shape index (κ1) is 15.9.